The third kappa shape index (κ3) is 13.7. The van der Waals surface area contributed by atoms with E-state index in [1.807, 2.05) is 6.08 Å². The average Bonchev–Trinajstić information content (AvgIpc) is 2.20. The fraction of sp³-hybridized carbons (Fsp3) is 0.769. The van der Waals surface area contributed by atoms with Crippen LogP contribution >= 0.6 is 11.6 Å². The van der Waals surface area contributed by atoms with Crippen LogP contribution in [0.3, 0.4) is 0 Å². The molecule has 2 heteroatoms. The van der Waals surface area contributed by atoms with Crippen molar-refractivity contribution < 1.29 is 4.79 Å². The summed E-state index contributed by atoms with van der Waals surface area (Å²) in [6, 6.07) is 0. The van der Waals surface area contributed by atoms with E-state index in [0.717, 1.165) is 6.42 Å². The maximum absolute atomic E-state index is 10.4. The highest BCUT2D eigenvalue weighted by atomic mass is 35.5. The molecule has 88 valence electrons. The lowest BCUT2D eigenvalue weighted by Crippen LogP contribution is -1.80. The number of halogens is 1. The normalized spacial score (nSPS) is 11.1. The van der Waals surface area contributed by atoms with E-state index in [9.17, 15) is 4.79 Å². The van der Waals surface area contributed by atoms with E-state index in [0.29, 0.717) is 0 Å². The third-order valence-corrected chi connectivity index (χ3v) is 2.60. The van der Waals surface area contributed by atoms with Crippen molar-refractivity contribution in [3.05, 3.63) is 12.2 Å². The Morgan fingerprint density at radius 2 is 1.53 bits per heavy atom. The molecule has 0 saturated carbocycles. The van der Waals surface area contributed by atoms with Gasteiger partial charge in [0.1, 0.15) is 0 Å². The molecule has 0 spiro atoms. The number of hydrogen-bond acceptors (Lipinski definition) is 1. The minimum absolute atomic E-state index is 0.366. The van der Waals surface area contributed by atoms with Gasteiger partial charge in [0.15, 0.2) is 0 Å². The average molecular weight is 231 g/mol. The van der Waals surface area contributed by atoms with E-state index in [-0.39, 0.29) is 5.24 Å². The zero-order chi connectivity index (χ0) is 11.4. The molecule has 0 amide bonds. The van der Waals surface area contributed by atoms with Gasteiger partial charge >= 0.3 is 0 Å². The van der Waals surface area contributed by atoms with Gasteiger partial charge in [-0.05, 0) is 30.5 Å². The smallest absolute Gasteiger partial charge is 0.244 e. The number of carbonyl (C=O) groups is 1. The molecule has 0 bridgehead atoms. The molecular weight excluding hydrogens is 208 g/mol. The highest BCUT2D eigenvalue weighted by Crippen LogP contribution is 2.09. The lowest BCUT2D eigenvalue weighted by Gasteiger charge is -1.99. The minimum Gasteiger partial charge on any atom is -0.276 e. The van der Waals surface area contributed by atoms with Crippen LogP contribution in [0.2, 0.25) is 0 Å². The summed E-state index contributed by atoms with van der Waals surface area (Å²) in [6.45, 7) is 2.24. The molecule has 0 unspecified atom stereocenters. The summed E-state index contributed by atoms with van der Waals surface area (Å²) in [5.41, 5.74) is 0. The molecule has 0 aromatic rings. The van der Waals surface area contributed by atoms with Gasteiger partial charge in [0.25, 0.3) is 0 Å². The summed E-state index contributed by atoms with van der Waals surface area (Å²) >= 11 is 5.16. The minimum atomic E-state index is -0.366. The Labute approximate surface area is 98.9 Å². The van der Waals surface area contributed by atoms with Gasteiger partial charge in [0.2, 0.25) is 5.24 Å². The predicted molar refractivity (Wildman–Crippen MR) is 67.2 cm³/mol. The summed E-state index contributed by atoms with van der Waals surface area (Å²) in [5.74, 6) is 0. The van der Waals surface area contributed by atoms with E-state index in [1.165, 1.54) is 57.4 Å². The van der Waals surface area contributed by atoms with E-state index in [4.69, 9.17) is 11.6 Å². The molecule has 1 nitrogen and oxygen atoms in total. The molecule has 0 rings (SSSR count). The van der Waals surface area contributed by atoms with E-state index in [2.05, 4.69) is 6.92 Å². The van der Waals surface area contributed by atoms with Crippen molar-refractivity contribution in [3.63, 3.8) is 0 Å². The van der Waals surface area contributed by atoms with Gasteiger partial charge in [0, 0.05) is 0 Å². The van der Waals surface area contributed by atoms with Gasteiger partial charge in [-0.15, -0.1) is 0 Å². The molecule has 0 fully saturated rings. The molecule has 0 aromatic heterocycles. The summed E-state index contributed by atoms with van der Waals surface area (Å²) in [4.78, 5) is 10.4. The lowest BCUT2D eigenvalue weighted by molar-refractivity contribution is -0.107. The van der Waals surface area contributed by atoms with Gasteiger partial charge in [0.05, 0.1) is 0 Å². The highest BCUT2D eigenvalue weighted by Gasteiger charge is 1.90. The first kappa shape index (κ1) is 14.7. The molecule has 0 atom stereocenters. The van der Waals surface area contributed by atoms with Gasteiger partial charge in [-0.25, -0.2) is 0 Å². The fourth-order valence-electron chi connectivity index (χ4n) is 1.57. The molecule has 15 heavy (non-hydrogen) atoms. The first-order chi connectivity index (χ1) is 7.27. The largest absolute Gasteiger partial charge is 0.276 e. The Bertz CT molecular complexity index is 175. The maximum atomic E-state index is 10.4. The van der Waals surface area contributed by atoms with Crippen LogP contribution in [0.5, 0.6) is 0 Å². The van der Waals surface area contributed by atoms with Crippen LogP contribution < -0.4 is 0 Å². The summed E-state index contributed by atoms with van der Waals surface area (Å²) < 4.78 is 0. The molecule has 0 aliphatic rings. The second-order valence-corrected chi connectivity index (χ2v) is 4.34. The Balaban J connectivity index is 3.02. The van der Waals surface area contributed by atoms with Crippen molar-refractivity contribution in [2.24, 2.45) is 0 Å². The van der Waals surface area contributed by atoms with E-state index in [1.54, 1.807) is 0 Å². The van der Waals surface area contributed by atoms with Crippen LogP contribution in [-0.2, 0) is 4.79 Å². The highest BCUT2D eigenvalue weighted by molar-refractivity contribution is 6.66. The lowest BCUT2D eigenvalue weighted by atomic mass is 10.1. The number of rotatable bonds is 10. The molecule has 0 radical (unpaired) electrons. The van der Waals surface area contributed by atoms with E-state index >= 15 is 0 Å². The molecule has 0 aliphatic carbocycles. The van der Waals surface area contributed by atoms with Gasteiger partial charge in [-0.1, -0.05) is 57.9 Å². The first-order valence-corrected chi connectivity index (χ1v) is 6.51. The summed E-state index contributed by atoms with van der Waals surface area (Å²) in [5, 5.41) is -0.366. The number of allylic oxidation sites excluding steroid dienone is 2. The maximum Gasteiger partial charge on any atom is 0.244 e. The Hall–Kier alpha value is -0.300. The van der Waals surface area contributed by atoms with Crippen LogP contribution in [0.4, 0.5) is 0 Å². The Morgan fingerprint density at radius 3 is 2.07 bits per heavy atom. The van der Waals surface area contributed by atoms with Gasteiger partial charge in [-0.2, -0.15) is 0 Å². The van der Waals surface area contributed by atoms with Crippen molar-refractivity contribution in [3.8, 4) is 0 Å². The zero-order valence-electron chi connectivity index (χ0n) is 9.80. The van der Waals surface area contributed by atoms with Gasteiger partial charge in [-0.3, -0.25) is 4.79 Å². The monoisotopic (exact) mass is 230 g/mol. The van der Waals surface area contributed by atoms with Crippen LogP contribution in [0.25, 0.3) is 0 Å². The van der Waals surface area contributed by atoms with E-state index < -0.39 is 0 Å². The molecule has 0 aliphatic heterocycles. The SMILES string of the molecule is CCCCCCCCCC/C=C/C(=O)Cl. The van der Waals surface area contributed by atoms with Crippen LogP contribution in [-0.4, -0.2) is 5.24 Å². The summed E-state index contributed by atoms with van der Waals surface area (Å²) in [7, 11) is 0. The van der Waals surface area contributed by atoms with Crippen molar-refractivity contribution in [2.45, 2.75) is 64.7 Å². The molecular formula is C13H23ClO. The van der Waals surface area contributed by atoms with Crippen molar-refractivity contribution >= 4 is 16.8 Å². The van der Waals surface area contributed by atoms with Crippen molar-refractivity contribution in [1.29, 1.82) is 0 Å². The Kier molecular flexibility index (Phi) is 11.5. The van der Waals surface area contributed by atoms with Crippen LogP contribution in [0.15, 0.2) is 12.2 Å². The molecule has 0 saturated heterocycles. The molecule has 0 N–H and O–H groups in total. The first-order valence-electron chi connectivity index (χ1n) is 6.13. The third-order valence-electron chi connectivity index (χ3n) is 2.47. The molecule has 0 aromatic carbocycles. The second kappa shape index (κ2) is 11.8. The topological polar surface area (TPSA) is 17.1 Å². The number of unbranched alkanes of at least 4 members (excludes halogenated alkanes) is 8. The Morgan fingerprint density at radius 1 is 1.00 bits per heavy atom. The van der Waals surface area contributed by atoms with Gasteiger partial charge < -0.3 is 0 Å². The quantitative estimate of drug-likeness (QED) is 0.298. The van der Waals surface area contributed by atoms with Crippen LogP contribution in [0, 0.1) is 0 Å². The standard InChI is InChI=1S/C13H23ClO/c1-2-3-4-5-6-7-8-9-10-11-12-13(14)15/h11-12H,2-10H2,1H3/b12-11+. The van der Waals surface area contributed by atoms with Crippen LogP contribution in [0.1, 0.15) is 64.7 Å². The fourth-order valence-corrected chi connectivity index (χ4v) is 1.66. The van der Waals surface area contributed by atoms with Crippen molar-refractivity contribution in [2.75, 3.05) is 0 Å². The number of carbonyl (C=O) groups excluding carboxylic acids is 1. The number of hydrogen-bond donors (Lipinski definition) is 0. The van der Waals surface area contributed by atoms with Crippen molar-refractivity contribution in [1.82, 2.24) is 0 Å². The molecule has 0 heterocycles. The second-order valence-electron chi connectivity index (χ2n) is 3.97. The summed E-state index contributed by atoms with van der Waals surface area (Å²) in [6.07, 6.45) is 14.9. The predicted octanol–water partition coefficient (Wildman–Crippen LogP) is 4.84. The zero-order valence-corrected chi connectivity index (χ0v) is 10.6.